The van der Waals surface area contributed by atoms with E-state index in [1.807, 2.05) is 0 Å². The molecule has 21 heavy (non-hydrogen) atoms. The standard InChI is InChI=1S/C10H13BrN2O6S2/c1-20(16,17)6-2-5-12-21(18,19)10-7-8(11)3-4-9(10)13(14)15/h3-4,7,12H,2,5-6H2,1H3. The maximum absolute atomic E-state index is 12.0. The van der Waals surface area contributed by atoms with Crippen molar-refractivity contribution in [2.75, 3.05) is 18.6 Å². The molecule has 0 bridgehead atoms. The van der Waals surface area contributed by atoms with E-state index in [0.29, 0.717) is 4.47 Å². The normalized spacial score (nSPS) is 12.3. The molecule has 0 amide bonds. The zero-order valence-corrected chi connectivity index (χ0v) is 14.2. The monoisotopic (exact) mass is 400 g/mol. The summed E-state index contributed by atoms with van der Waals surface area (Å²) in [4.78, 5) is 9.59. The molecule has 0 spiro atoms. The number of hydrogen-bond acceptors (Lipinski definition) is 6. The van der Waals surface area contributed by atoms with Crippen LogP contribution in [0.5, 0.6) is 0 Å². The maximum atomic E-state index is 12.0. The zero-order valence-electron chi connectivity index (χ0n) is 10.9. The highest BCUT2D eigenvalue weighted by atomic mass is 79.9. The SMILES string of the molecule is CS(=O)(=O)CCCNS(=O)(=O)c1cc(Br)ccc1[N+](=O)[O-]. The summed E-state index contributed by atoms with van der Waals surface area (Å²) in [6.45, 7) is -0.126. The van der Waals surface area contributed by atoms with E-state index in [2.05, 4.69) is 20.7 Å². The first-order chi connectivity index (χ1) is 9.53. The van der Waals surface area contributed by atoms with Crippen molar-refractivity contribution in [3.8, 4) is 0 Å². The van der Waals surface area contributed by atoms with Gasteiger partial charge in [-0.05, 0) is 18.6 Å². The number of nitro groups is 1. The number of sulfone groups is 1. The number of sulfonamides is 1. The topological polar surface area (TPSA) is 123 Å². The molecule has 1 rings (SSSR count). The van der Waals surface area contributed by atoms with Crippen molar-refractivity contribution in [3.63, 3.8) is 0 Å². The van der Waals surface area contributed by atoms with Crippen LogP contribution in [-0.2, 0) is 19.9 Å². The van der Waals surface area contributed by atoms with Crippen LogP contribution in [0, 0.1) is 10.1 Å². The summed E-state index contributed by atoms with van der Waals surface area (Å²) in [6, 6.07) is 3.56. The molecule has 1 aromatic carbocycles. The van der Waals surface area contributed by atoms with Crippen LogP contribution in [0.3, 0.4) is 0 Å². The highest BCUT2D eigenvalue weighted by Crippen LogP contribution is 2.26. The van der Waals surface area contributed by atoms with Gasteiger partial charge in [0, 0.05) is 23.3 Å². The number of nitro benzene ring substituents is 1. The van der Waals surface area contributed by atoms with E-state index in [1.165, 1.54) is 6.07 Å². The molecule has 0 aliphatic rings. The molecule has 0 aromatic heterocycles. The van der Waals surface area contributed by atoms with Gasteiger partial charge >= 0.3 is 0 Å². The zero-order chi connectivity index (χ0) is 16.3. The third-order valence-corrected chi connectivity index (χ3v) is 5.41. The molecular formula is C10H13BrN2O6S2. The summed E-state index contributed by atoms with van der Waals surface area (Å²) in [6.07, 6.45) is 1.13. The van der Waals surface area contributed by atoms with Gasteiger partial charge in [-0.3, -0.25) is 10.1 Å². The Morgan fingerprint density at radius 1 is 1.29 bits per heavy atom. The Kier molecular flexibility index (Phi) is 5.84. The number of halogens is 1. The molecular weight excluding hydrogens is 388 g/mol. The molecule has 0 saturated carbocycles. The molecule has 1 N–H and O–H groups in total. The summed E-state index contributed by atoms with van der Waals surface area (Å²) in [5, 5.41) is 10.9. The summed E-state index contributed by atoms with van der Waals surface area (Å²) in [5.41, 5.74) is -0.547. The van der Waals surface area contributed by atoms with Gasteiger partial charge in [-0.25, -0.2) is 21.6 Å². The average molecular weight is 401 g/mol. The van der Waals surface area contributed by atoms with Crippen LogP contribution in [-0.4, -0.2) is 40.3 Å². The second kappa shape index (κ2) is 6.81. The first-order valence-corrected chi connectivity index (χ1v) is 9.98. The van der Waals surface area contributed by atoms with Gasteiger partial charge in [0.2, 0.25) is 10.0 Å². The molecule has 0 radical (unpaired) electrons. The van der Waals surface area contributed by atoms with Crippen LogP contribution >= 0.6 is 15.9 Å². The van der Waals surface area contributed by atoms with E-state index in [4.69, 9.17) is 0 Å². The number of rotatable bonds is 7. The number of nitrogens with one attached hydrogen (secondary N) is 1. The lowest BCUT2D eigenvalue weighted by Crippen LogP contribution is -2.26. The minimum Gasteiger partial charge on any atom is -0.258 e. The largest absolute Gasteiger partial charge is 0.289 e. The lowest BCUT2D eigenvalue weighted by atomic mass is 10.3. The summed E-state index contributed by atoms with van der Waals surface area (Å²) in [7, 11) is -7.28. The smallest absolute Gasteiger partial charge is 0.258 e. The fourth-order valence-electron chi connectivity index (χ4n) is 1.47. The summed E-state index contributed by atoms with van der Waals surface area (Å²) in [5.74, 6) is -0.171. The maximum Gasteiger partial charge on any atom is 0.289 e. The van der Waals surface area contributed by atoms with Gasteiger partial charge < -0.3 is 0 Å². The van der Waals surface area contributed by atoms with Gasteiger partial charge in [0.1, 0.15) is 9.84 Å². The van der Waals surface area contributed by atoms with Gasteiger partial charge in [-0.2, -0.15) is 0 Å². The first kappa shape index (κ1) is 18.0. The van der Waals surface area contributed by atoms with Gasteiger partial charge in [-0.1, -0.05) is 15.9 Å². The molecule has 8 nitrogen and oxygen atoms in total. The fourth-order valence-corrected chi connectivity index (χ4v) is 3.92. The molecule has 118 valence electrons. The van der Waals surface area contributed by atoms with E-state index in [1.54, 1.807) is 0 Å². The van der Waals surface area contributed by atoms with E-state index in [0.717, 1.165) is 18.4 Å². The Hall–Kier alpha value is -1.04. The van der Waals surface area contributed by atoms with Gasteiger partial charge in [-0.15, -0.1) is 0 Å². The average Bonchev–Trinajstić information content (AvgIpc) is 2.33. The second-order valence-electron chi connectivity index (χ2n) is 4.25. The van der Waals surface area contributed by atoms with Crippen molar-refractivity contribution in [3.05, 3.63) is 32.8 Å². The van der Waals surface area contributed by atoms with E-state index >= 15 is 0 Å². The van der Waals surface area contributed by atoms with Gasteiger partial charge in [0.25, 0.3) is 5.69 Å². The van der Waals surface area contributed by atoms with Gasteiger partial charge in [0.05, 0.1) is 10.7 Å². The molecule has 0 atom stereocenters. The Labute approximate surface area is 130 Å². The van der Waals surface area contributed by atoms with Crippen molar-refractivity contribution < 1.29 is 21.8 Å². The first-order valence-electron chi connectivity index (χ1n) is 5.64. The third kappa shape index (κ3) is 5.69. The van der Waals surface area contributed by atoms with Crippen LogP contribution in [0.15, 0.2) is 27.6 Å². The van der Waals surface area contributed by atoms with Crippen molar-refractivity contribution in [2.24, 2.45) is 0 Å². The molecule has 11 heteroatoms. The predicted octanol–water partition coefficient (Wildman–Crippen LogP) is 1.07. The Morgan fingerprint density at radius 2 is 1.90 bits per heavy atom. The minimum atomic E-state index is -4.09. The number of hydrogen-bond donors (Lipinski definition) is 1. The fraction of sp³-hybridized carbons (Fsp3) is 0.400. The Bertz CT molecular complexity index is 745. The molecule has 1 aromatic rings. The van der Waals surface area contributed by atoms with E-state index in [9.17, 15) is 26.9 Å². The lowest BCUT2D eigenvalue weighted by molar-refractivity contribution is -0.387. The molecule has 0 saturated heterocycles. The van der Waals surface area contributed by atoms with Crippen LogP contribution in [0.25, 0.3) is 0 Å². The lowest BCUT2D eigenvalue weighted by Gasteiger charge is -2.07. The highest BCUT2D eigenvalue weighted by molar-refractivity contribution is 9.10. The van der Waals surface area contributed by atoms with Crippen molar-refractivity contribution in [2.45, 2.75) is 11.3 Å². The summed E-state index contributed by atoms with van der Waals surface area (Å²) >= 11 is 3.05. The van der Waals surface area contributed by atoms with Gasteiger partial charge in [0.15, 0.2) is 4.90 Å². The summed E-state index contributed by atoms with van der Waals surface area (Å²) < 4.78 is 48.5. The van der Waals surface area contributed by atoms with Crippen LogP contribution < -0.4 is 4.72 Å². The van der Waals surface area contributed by atoms with Crippen LogP contribution in [0.4, 0.5) is 5.69 Å². The molecule has 0 aliphatic heterocycles. The van der Waals surface area contributed by atoms with Crippen molar-refractivity contribution in [1.82, 2.24) is 4.72 Å². The van der Waals surface area contributed by atoms with Crippen LogP contribution in [0.2, 0.25) is 0 Å². The molecule has 0 heterocycles. The Morgan fingerprint density at radius 3 is 2.43 bits per heavy atom. The molecule has 0 aliphatic carbocycles. The number of nitrogens with zero attached hydrogens (tertiary/aromatic N) is 1. The van der Waals surface area contributed by atoms with E-state index < -0.39 is 35.4 Å². The second-order valence-corrected chi connectivity index (χ2v) is 9.16. The molecule has 0 fully saturated rings. The quantitative estimate of drug-likeness (QED) is 0.414. The van der Waals surface area contributed by atoms with Crippen LogP contribution in [0.1, 0.15) is 6.42 Å². The highest BCUT2D eigenvalue weighted by Gasteiger charge is 2.25. The minimum absolute atomic E-state index is 0.0832. The number of benzene rings is 1. The van der Waals surface area contributed by atoms with Crippen molar-refractivity contribution in [1.29, 1.82) is 0 Å². The third-order valence-electron chi connectivity index (χ3n) is 2.39. The predicted molar refractivity (Wildman–Crippen MR) is 80.3 cm³/mol. The van der Waals surface area contributed by atoms with E-state index in [-0.39, 0.29) is 18.7 Å². The Balaban J connectivity index is 2.93. The van der Waals surface area contributed by atoms with Crippen molar-refractivity contribution >= 4 is 41.5 Å². The molecule has 0 unspecified atom stereocenters.